The van der Waals surface area contributed by atoms with E-state index in [4.69, 9.17) is 4.74 Å². The Morgan fingerprint density at radius 1 is 1.09 bits per heavy atom. The molecule has 0 aliphatic carbocycles. The summed E-state index contributed by atoms with van der Waals surface area (Å²) in [6.45, 7) is 2.26. The number of carbonyl (C=O) groups is 1. The zero-order valence-corrected chi connectivity index (χ0v) is 13.9. The van der Waals surface area contributed by atoms with Crippen LogP contribution in [-0.4, -0.2) is 26.7 Å². The molecule has 0 saturated heterocycles. The predicted molar refractivity (Wildman–Crippen MR) is 94.0 cm³/mol. The molecule has 0 N–H and O–H groups in total. The van der Waals surface area contributed by atoms with Gasteiger partial charge in [0, 0.05) is 40.0 Å². The van der Waals surface area contributed by atoms with E-state index in [1.807, 2.05) is 27.1 Å². The second-order valence-electron chi connectivity index (χ2n) is 5.49. The van der Waals surface area contributed by atoms with E-state index < -0.39 is 0 Å². The lowest BCUT2D eigenvalue weighted by molar-refractivity contribution is -0.142. The Morgan fingerprint density at radius 2 is 1.77 bits per heavy atom. The summed E-state index contributed by atoms with van der Waals surface area (Å²) in [7, 11) is 4.10. The van der Waals surface area contributed by atoms with E-state index in [9.17, 15) is 4.79 Å². The highest BCUT2D eigenvalue weighted by molar-refractivity contribution is 7.25. The van der Waals surface area contributed by atoms with E-state index >= 15 is 0 Å². The monoisotopic (exact) mass is 313 g/mol. The van der Waals surface area contributed by atoms with Crippen molar-refractivity contribution in [2.75, 3.05) is 25.6 Å². The Kier molecular flexibility index (Phi) is 4.03. The van der Waals surface area contributed by atoms with Crippen LogP contribution >= 0.6 is 11.3 Å². The van der Waals surface area contributed by atoms with Crippen LogP contribution in [0.5, 0.6) is 0 Å². The minimum Gasteiger partial charge on any atom is -0.466 e. The normalized spacial score (nSPS) is 11.0. The van der Waals surface area contributed by atoms with Gasteiger partial charge in [0.2, 0.25) is 0 Å². The quantitative estimate of drug-likeness (QED) is 0.675. The number of ether oxygens (including phenoxy) is 1. The first-order valence-corrected chi connectivity index (χ1v) is 8.18. The molecule has 1 aromatic heterocycles. The maximum atomic E-state index is 11.6. The van der Waals surface area contributed by atoms with Gasteiger partial charge in [-0.2, -0.15) is 0 Å². The van der Waals surface area contributed by atoms with Gasteiger partial charge in [-0.1, -0.05) is 18.2 Å². The summed E-state index contributed by atoms with van der Waals surface area (Å²) in [6.07, 6.45) is 0.334. The van der Waals surface area contributed by atoms with E-state index in [2.05, 4.69) is 35.2 Å². The fourth-order valence-electron chi connectivity index (χ4n) is 2.58. The lowest BCUT2D eigenvalue weighted by Crippen LogP contribution is -2.07. The first kappa shape index (κ1) is 14.9. The van der Waals surface area contributed by atoms with Gasteiger partial charge in [0.15, 0.2) is 0 Å². The average Bonchev–Trinajstić information content (AvgIpc) is 2.83. The second kappa shape index (κ2) is 5.97. The highest BCUT2D eigenvalue weighted by Gasteiger charge is 2.09. The summed E-state index contributed by atoms with van der Waals surface area (Å²) in [5, 5.41) is 2.52. The molecule has 0 aliphatic heterocycles. The summed E-state index contributed by atoms with van der Waals surface area (Å²) < 4.78 is 7.51. The topological polar surface area (TPSA) is 29.5 Å². The molecule has 2 aromatic carbocycles. The van der Waals surface area contributed by atoms with Gasteiger partial charge >= 0.3 is 5.97 Å². The molecule has 0 unspecified atom stereocenters. The van der Waals surface area contributed by atoms with Gasteiger partial charge in [-0.05, 0) is 30.7 Å². The van der Waals surface area contributed by atoms with E-state index in [0.717, 1.165) is 5.56 Å². The molecule has 0 saturated carbocycles. The molecule has 0 atom stereocenters. The number of thiophene rings is 1. The fraction of sp³-hybridized carbons (Fsp3) is 0.278. The number of carbonyl (C=O) groups excluding carboxylic acids is 1. The Labute approximate surface area is 134 Å². The van der Waals surface area contributed by atoms with Crippen molar-refractivity contribution in [3.8, 4) is 0 Å². The zero-order valence-electron chi connectivity index (χ0n) is 13.1. The molecule has 0 fully saturated rings. The maximum absolute atomic E-state index is 11.6. The van der Waals surface area contributed by atoms with Gasteiger partial charge in [0.1, 0.15) is 0 Å². The van der Waals surface area contributed by atoms with E-state index in [-0.39, 0.29) is 5.97 Å². The van der Waals surface area contributed by atoms with Crippen molar-refractivity contribution < 1.29 is 9.53 Å². The number of benzene rings is 2. The standard InChI is InChI=1S/C18H19NO2S/c1-4-21-18(20)10-12-5-7-14-15-8-6-13(19(2)3)11-17(15)22-16(14)9-12/h5-9,11H,4,10H2,1-3H3. The zero-order chi connectivity index (χ0) is 15.7. The average molecular weight is 313 g/mol. The molecule has 0 aliphatic rings. The number of fused-ring (bicyclic) bond motifs is 3. The molecule has 3 aromatic rings. The van der Waals surface area contributed by atoms with Crippen LogP contribution in [0.15, 0.2) is 36.4 Å². The second-order valence-corrected chi connectivity index (χ2v) is 6.57. The Bertz CT molecular complexity index is 836. The molecular weight excluding hydrogens is 294 g/mol. The van der Waals surface area contributed by atoms with Crippen LogP contribution in [0.25, 0.3) is 20.2 Å². The van der Waals surface area contributed by atoms with Crippen molar-refractivity contribution >= 4 is 43.2 Å². The van der Waals surface area contributed by atoms with Crippen LogP contribution in [0, 0.1) is 0 Å². The molecule has 3 nitrogen and oxygen atoms in total. The van der Waals surface area contributed by atoms with Gasteiger partial charge in [-0.3, -0.25) is 4.79 Å². The Morgan fingerprint density at radius 3 is 2.45 bits per heavy atom. The number of esters is 1. The molecule has 1 heterocycles. The minimum atomic E-state index is -0.169. The van der Waals surface area contributed by atoms with Gasteiger partial charge in [-0.15, -0.1) is 11.3 Å². The number of nitrogens with zero attached hydrogens (tertiary/aromatic N) is 1. The molecule has 3 rings (SSSR count). The number of hydrogen-bond donors (Lipinski definition) is 0. The molecule has 0 bridgehead atoms. The van der Waals surface area contributed by atoms with Crippen LogP contribution < -0.4 is 4.90 Å². The highest BCUT2D eigenvalue weighted by atomic mass is 32.1. The van der Waals surface area contributed by atoms with Crippen molar-refractivity contribution in [2.45, 2.75) is 13.3 Å². The van der Waals surface area contributed by atoms with Crippen LogP contribution in [-0.2, 0) is 16.0 Å². The summed E-state index contributed by atoms with van der Waals surface area (Å²) in [5.41, 5.74) is 2.20. The molecule has 0 spiro atoms. The summed E-state index contributed by atoms with van der Waals surface area (Å²) in [4.78, 5) is 13.7. The Hall–Kier alpha value is -2.07. The van der Waals surface area contributed by atoms with Crippen molar-refractivity contribution in [2.24, 2.45) is 0 Å². The smallest absolute Gasteiger partial charge is 0.310 e. The third-order valence-electron chi connectivity index (χ3n) is 3.69. The SMILES string of the molecule is CCOC(=O)Cc1ccc2c(c1)sc1cc(N(C)C)ccc12. The van der Waals surface area contributed by atoms with Crippen LogP contribution in [0.1, 0.15) is 12.5 Å². The molecule has 0 radical (unpaired) electrons. The summed E-state index contributed by atoms with van der Waals surface area (Å²) in [5.74, 6) is -0.169. The molecule has 114 valence electrons. The van der Waals surface area contributed by atoms with Gasteiger partial charge in [-0.25, -0.2) is 0 Å². The molecule has 22 heavy (non-hydrogen) atoms. The fourth-order valence-corrected chi connectivity index (χ4v) is 3.78. The summed E-state index contributed by atoms with van der Waals surface area (Å²) >= 11 is 1.77. The van der Waals surface area contributed by atoms with Crippen molar-refractivity contribution in [1.82, 2.24) is 0 Å². The maximum Gasteiger partial charge on any atom is 0.310 e. The van der Waals surface area contributed by atoms with Crippen molar-refractivity contribution in [3.05, 3.63) is 42.0 Å². The van der Waals surface area contributed by atoms with Crippen molar-refractivity contribution in [3.63, 3.8) is 0 Å². The molecule has 0 amide bonds. The lowest BCUT2D eigenvalue weighted by Gasteiger charge is -2.11. The highest BCUT2D eigenvalue weighted by Crippen LogP contribution is 2.36. The van der Waals surface area contributed by atoms with Gasteiger partial charge < -0.3 is 9.64 Å². The van der Waals surface area contributed by atoms with E-state index in [1.165, 1.54) is 25.9 Å². The van der Waals surface area contributed by atoms with Crippen LogP contribution in [0.3, 0.4) is 0 Å². The van der Waals surface area contributed by atoms with Crippen LogP contribution in [0.2, 0.25) is 0 Å². The Balaban J connectivity index is 2.01. The lowest BCUT2D eigenvalue weighted by atomic mass is 10.1. The predicted octanol–water partition coefficient (Wildman–Crippen LogP) is 4.23. The summed E-state index contributed by atoms with van der Waals surface area (Å²) in [6, 6.07) is 12.8. The van der Waals surface area contributed by atoms with E-state index in [0.29, 0.717) is 13.0 Å². The minimum absolute atomic E-state index is 0.169. The first-order valence-electron chi connectivity index (χ1n) is 7.36. The first-order chi connectivity index (χ1) is 10.6. The number of hydrogen-bond acceptors (Lipinski definition) is 4. The number of anilines is 1. The molecule has 4 heteroatoms. The van der Waals surface area contributed by atoms with Gasteiger partial charge in [0.05, 0.1) is 13.0 Å². The van der Waals surface area contributed by atoms with Crippen molar-refractivity contribution in [1.29, 1.82) is 0 Å². The van der Waals surface area contributed by atoms with E-state index in [1.54, 1.807) is 11.3 Å². The third-order valence-corrected chi connectivity index (χ3v) is 4.81. The number of rotatable bonds is 4. The third kappa shape index (κ3) is 2.79. The largest absolute Gasteiger partial charge is 0.466 e. The van der Waals surface area contributed by atoms with Crippen LogP contribution in [0.4, 0.5) is 5.69 Å². The van der Waals surface area contributed by atoms with Gasteiger partial charge in [0.25, 0.3) is 0 Å². The molecular formula is C18H19NO2S.